The molecule has 0 saturated carbocycles. The van der Waals surface area contributed by atoms with Crippen molar-refractivity contribution in [3.05, 3.63) is 36.2 Å². The molecule has 0 aliphatic carbocycles. The van der Waals surface area contributed by atoms with E-state index >= 15 is 0 Å². The average Bonchev–Trinajstić information content (AvgIpc) is 2.74. The first-order chi connectivity index (χ1) is 7.27. The molecule has 0 bridgehead atoms. The minimum Gasteiger partial charge on any atom is -0.323 e. The second kappa shape index (κ2) is 2.70. The number of aromatic nitrogens is 3. The smallest absolute Gasteiger partial charge is 0.212 e. The van der Waals surface area contributed by atoms with E-state index in [0.29, 0.717) is 11.5 Å². The van der Waals surface area contributed by atoms with Crippen LogP contribution >= 0.6 is 0 Å². The molecule has 0 aliphatic rings. The van der Waals surface area contributed by atoms with Gasteiger partial charge in [-0.3, -0.25) is 9.20 Å². The van der Waals surface area contributed by atoms with Gasteiger partial charge in [0.05, 0.1) is 17.2 Å². The Bertz CT molecular complexity index is 663. The molecule has 0 aliphatic heterocycles. The van der Waals surface area contributed by atoms with Crippen LogP contribution in [0.15, 0.2) is 30.5 Å². The molecule has 0 saturated heterocycles. The molecule has 0 atom stereocenters. The minimum atomic E-state index is 0.0206. The molecule has 4 heteroatoms. The number of nitrogens with zero attached hydrogens (tertiary/aromatic N) is 2. The van der Waals surface area contributed by atoms with E-state index in [4.69, 9.17) is 0 Å². The van der Waals surface area contributed by atoms with Crippen molar-refractivity contribution in [1.82, 2.24) is 14.4 Å². The second-order valence-corrected chi connectivity index (χ2v) is 3.50. The van der Waals surface area contributed by atoms with E-state index in [1.165, 1.54) is 0 Å². The Labute approximate surface area is 85.6 Å². The molecule has 0 unspecified atom stereocenters. The zero-order valence-electron chi connectivity index (χ0n) is 8.19. The lowest BCUT2D eigenvalue weighted by molar-refractivity contribution is 0.101. The van der Waals surface area contributed by atoms with Gasteiger partial charge in [0.25, 0.3) is 0 Å². The van der Waals surface area contributed by atoms with Crippen LogP contribution in [0.4, 0.5) is 0 Å². The molecule has 0 fully saturated rings. The van der Waals surface area contributed by atoms with Crippen LogP contribution in [0.5, 0.6) is 0 Å². The molecule has 15 heavy (non-hydrogen) atoms. The zero-order valence-corrected chi connectivity index (χ0v) is 8.19. The lowest BCUT2D eigenvalue weighted by Crippen LogP contribution is -1.96. The quantitative estimate of drug-likeness (QED) is 0.609. The fraction of sp³-hybridized carbons (Fsp3) is 0.0909. The van der Waals surface area contributed by atoms with Crippen LogP contribution in [0.2, 0.25) is 0 Å². The molecule has 74 valence electrons. The summed E-state index contributed by atoms with van der Waals surface area (Å²) in [6.45, 7) is 1.55. The number of ketones is 1. The van der Waals surface area contributed by atoms with Crippen molar-refractivity contribution >= 4 is 22.6 Å². The van der Waals surface area contributed by atoms with Crippen LogP contribution in [0, 0.1) is 0 Å². The number of rotatable bonds is 1. The van der Waals surface area contributed by atoms with E-state index in [1.807, 2.05) is 28.7 Å². The van der Waals surface area contributed by atoms with Gasteiger partial charge in [0.2, 0.25) is 5.78 Å². The number of aromatic amines is 1. The van der Waals surface area contributed by atoms with Crippen molar-refractivity contribution in [1.29, 1.82) is 0 Å². The number of hydrogen-bond donors (Lipinski definition) is 1. The van der Waals surface area contributed by atoms with Crippen LogP contribution < -0.4 is 0 Å². The Morgan fingerprint density at radius 1 is 1.40 bits per heavy atom. The number of imidazole rings is 2. The topological polar surface area (TPSA) is 50.2 Å². The van der Waals surface area contributed by atoms with E-state index < -0.39 is 0 Å². The lowest BCUT2D eigenvalue weighted by atomic mass is 10.3. The third kappa shape index (κ3) is 1.01. The first-order valence-corrected chi connectivity index (χ1v) is 4.72. The van der Waals surface area contributed by atoms with Gasteiger partial charge >= 0.3 is 0 Å². The predicted molar refractivity (Wildman–Crippen MR) is 57.1 cm³/mol. The monoisotopic (exact) mass is 199 g/mol. The van der Waals surface area contributed by atoms with Gasteiger partial charge in [-0.2, -0.15) is 0 Å². The summed E-state index contributed by atoms with van der Waals surface area (Å²) in [7, 11) is 0. The summed E-state index contributed by atoms with van der Waals surface area (Å²) in [6, 6.07) is 7.83. The van der Waals surface area contributed by atoms with Crippen molar-refractivity contribution < 1.29 is 4.79 Å². The number of H-pyrrole nitrogens is 1. The molecule has 3 aromatic rings. The van der Waals surface area contributed by atoms with Crippen molar-refractivity contribution in [2.24, 2.45) is 0 Å². The van der Waals surface area contributed by atoms with Crippen LogP contribution in [0.3, 0.4) is 0 Å². The first-order valence-electron chi connectivity index (χ1n) is 4.72. The Morgan fingerprint density at radius 3 is 3.00 bits per heavy atom. The molecule has 1 aromatic carbocycles. The normalized spacial score (nSPS) is 11.3. The molecule has 2 heterocycles. The summed E-state index contributed by atoms with van der Waals surface area (Å²) < 4.78 is 1.84. The molecule has 4 nitrogen and oxygen atoms in total. The summed E-state index contributed by atoms with van der Waals surface area (Å²) in [4.78, 5) is 18.7. The van der Waals surface area contributed by atoms with Gasteiger partial charge in [0.1, 0.15) is 5.69 Å². The van der Waals surface area contributed by atoms with Gasteiger partial charge in [0.15, 0.2) is 5.78 Å². The molecule has 0 spiro atoms. The van der Waals surface area contributed by atoms with Crippen molar-refractivity contribution in [2.45, 2.75) is 6.92 Å². The van der Waals surface area contributed by atoms with E-state index in [-0.39, 0.29) is 5.78 Å². The molecule has 0 radical (unpaired) electrons. The molecular weight excluding hydrogens is 190 g/mol. The zero-order chi connectivity index (χ0) is 10.4. The van der Waals surface area contributed by atoms with Crippen molar-refractivity contribution in [2.75, 3.05) is 0 Å². The van der Waals surface area contributed by atoms with Gasteiger partial charge < -0.3 is 4.98 Å². The third-order valence-corrected chi connectivity index (χ3v) is 2.51. The van der Waals surface area contributed by atoms with Gasteiger partial charge in [-0.15, -0.1) is 0 Å². The summed E-state index contributed by atoms with van der Waals surface area (Å²) >= 11 is 0. The SMILES string of the molecule is CC(=O)c1cnc2[nH]c3ccccc3n12. The van der Waals surface area contributed by atoms with Gasteiger partial charge in [-0.1, -0.05) is 12.1 Å². The maximum atomic E-state index is 11.4. The van der Waals surface area contributed by atoms with Crippen molar-refractivity contribution in [3.8, 4) is 0 Å². The van der Waals surface area contributed by atoms with Gasteiger partial charge in [-0.25, -0.2) is 4.98 Å². The summed E-state index contributed by atoms with van der Waals surface area (Å²) in [6.07, 6.45) is 1.60. The number of hydrogen-bond acceptors (Lipinski definition) is 2. The summed E-state index contributed by atoms with van der Waals surface area (Å²) in [5.74, 6) is 0.730. The molecular formula is C11H9N3O. The summed E-state index contributed by atoms with van der Waals surface area (Å²) in [5, 5.41) is 0. The molecule has 1 N–H and O–H groups in total. The van der Waals surface area contributed by atoms with Crippen LogP contribution in [-0.4, -0.2) is 20.2 Å². The number of benzene rings is 1. The largest absolute Gasteiger partial charge is 0.323 e. The van der Waals surface area contributed by atoms with Crippen molar-refractivity contribution in [3.63, 3.8) is 0 Å². The first kappa shape index (κ1) is 8.23. The number of carbonyl (C=O) groups excluding carboxylic acids is 1. The predicted octanol–water partition coefficient (Wildman–Crippen LogP) is 2.02. The maximum Gasteiger partial charge on any atom is 0.212 e. The highest BCUT2D eigenvalue weighted by molar-refractivity contribution is 5.95. The minimum absolute atomic E-state index is 0.0206. The van der Waals surface area contributed by atoms with Crippen LogP contribution in [-0.2, 0) is 0 Å². The maximum absolute atomic E-state index is 11.4. The van der Waals surface area contributed by atoms with Gasteiger partial charge in [-0.05, 0) is 12.1 Å². The summed E-state index contributed by atoms with van der Waals surface area (Å²) in [5.41, 5.74) is 2.58. The molecule has 2 aromatic heterocycles. The highest BCUT2D eigenvalue weighted by Crippen LogP contribution is 2.17. The van der Waals surface area contributed by atoms with Crippen LogP contribution in [0.25, 0.3) is 16.8 Å². The van der Waals surface area contributed by atoms with E-state index in [9.17, 15) is 4.79 Å². The third-order valence-electron chi connectivity index (χ3n) is 2.51. The Balaban J connectivity index is 2.54. The standard InChI is InChI=1S/C11H9N3O/c1-7(15)10-6-12-11-13-8-4-2-3-5-9(8)14(10)11/h2-6H,1H3,(H,12,13). The molecule has 3 rings (SSSR count). The second-order valence-electron chi connectivity index (χ2n) is 3.50. The fourth-order valence-electron chi connectivity index (χ4n) is 1.83. The van der Waals surface area contributed by atoms with Gasteiger partial charge in [0, 0.05) is 6.92 Å². The average molecular weight is 199 g/mol. The highest BCUT2D eigenvalue weighted by atomic mass is 16.1. The fourth-order valence-corrected chi connectivity index (χ4v) is 1.83. The Morgan fingerprint density at radius 2 is 2.20 bits per heavy atom. The number of Topliss-reactive ketones (excluding diaryl/α,β-unsaturated/α-hetero) is 1. The number of fused-ring (bicyclic) bond motifs is 3. The molecule has 0 amide bonds. The van der Waals surface area contributed by atoms with E-state index in [0.717, 1.165) is 11.0 Å². The number of carbonyl (C=O) groups is 1. The van der Waals surface area contributed by atoms with E-state index in [2.05, 4.69) is 9.97 Å². The van der Waals surface area contributed by atoms with Crippen LogP contribution in [0.1, 0.15) is 17.4 Å². The number of nitrogens with one attached hydrogen (secondary N) is 1. The lowest BCUT2D eigenvalue weighted by Gasteiger charge is -1.93. The van der Waals surface area contributed by atoms with E-state index in [1.54, 1.807) is 13.1 Å². The Kier molecular flexibility index (Phi) is 1.48. The Hall–Kier alpha value is -2.10. The number of para-hydroxylation sites is 2. The highest BCUT2D eigenvalue weighted by Gasteiger charge is 2.11.